The molecule has 2 aromatic rings. The summed E-state index contributed by atoms with van der Waals surface area (Å²) in [5, 5.41) is 2.95. The van der Waals surface area contributed by atoms with Crippen LogP contribution >= 0.6 is 0 Å². The van der Waals surface area contributed by atoms with Crippen LogP contribution in [0.5, 0.6) is 17.2 Å². The third-order valence-electron chi connectivity index (χ3n) is 3.84. The average molecular weight is 341 g/mol. The van der Waals surface area contributed by atoms with E-state index in [1.54, 1.807) is 0 Å². The summed E-state index contributed by atoms with van der Waals surface area (Å²) in [5.74, 6) is 2.35. The van der Waals surface area contributed by atoms with Crippen LogP contribution in [0.25, 0.3) is 0 Å². The maximum absolute atomic E-state index is 12.1. The molecule has 2 aromatic carbocycles. The Morgan fingerprint density at radius 3 is 2.80 bits per heavy atom. The van der Waals surface area contributed by atoms with Crippen LogP contribution in [0.1, 0.15) is 31.4 Å². The Hall–Kier alpha value is -2.69. The molecule has 25 heavy (non-hydrogen) atoms. The molecule has 0 aromatic heterocycles. The lowest BCUT2D eigenvalue weighted by molar-refractivity contribution is -0.121. The molecule has 0 bridgehead atoms. The largest absolute Gasteiger partial charge is 0.491 e. The summed E-state index contributed by atoms with van der Waals surface area (Å²) >= 11 is 0. The van der Waals surface area contributed by atoms with E-state index in [-0.39, 0.29) is 18.8 Å². The number of carbonyl (C=O) groups excluding carboxylic acids is 1. The number of rotatable bonds is 7. The molecular formula is C20H23NO4. The fourth-order valence-corrected chi connectivity index (χ4v) is 2.64. The van der Waals surface area contributed by atoms with Crippen molar-refractivity contribution >= 4 is 5.91 Å². The third kappa shape index (κ3) is 4.89. The Morgan fingerprint density at radius 1 is 1.12 bits per heavy atom. The van der Waals surface area contributed by atoms with E-state index in [1.807, 2.05) is 56.3 Å². The number of amides is 1. The van der Waals surface area contributed by atoms with Gasteiger partial charge in [0.05, 0.1) is 6.10 Å². The lowest BCUT2D eigenvalue weighted by atomic mass is 10.1. The van der Waals surface area contributed by atoms with Gasteiger partial charge in [0, 0.05) is 13.0 Å². The second kappa shape index (κ2) is 7.92. The second-order valence-electron chi connectivity index (χ2n) is 6.28. The lowest BCUT2D eigenvalue weighted by Gasteiger charge is -2.11. The molecular weight excluding hydrogens is 318 g/mol. The topological polar surface area (TPSA) is 56.8 Å². The Balaban J connectivity index is 1.47. The van der Waals surface area contributed by atoms with Crippen LogP contribution in [0.2, 0.25) is 0 Å². The highest BCUT2D eigenvalue weighted by atomic mass is 16.7. The van der Waals surface area contributed by atoms with Crippen LogP contribution in [0.15, 0.2) is 42.5 Å². The highest BCUT2D eigenvalue weighted by Gasteiger charge is 2.13. The number of aryl methyl sites for hydroxylation is 1. The number of benzene rings is 2. The summed E-state index contributed by atoms with van der Waals surface area (Å²) in [4.78, 5) is 12.1. The summed E-state index contributed by atoms with van der Waals surface area (Å²) in [5.41, 5.74) is 2.08. The zero-order valence-corrected chi connectivity index (χ0v) is 14.6. The molecule has 0 aliphatic carbocycles. The Morgan fingerprint density at radius 2 is 1.96 bits per heavy atom. The van der Waals surface area contributed by atoms with Crippen LogP contribution in [0.4, 0.5) is 0 Å². The van der Waals surface area contributed by atoms with Gasteiger partial charge in [-0.1, -0.05) is 18.2 Å². The van der Waals surface area contributed by atoms with Crippen molar-refractivity contribution in [3.63, 3.8) is 0 Å². The number of ether oxygens (including phenoxy) is 3. The number of hydrogen-bond donors (Lipinski definition) is 1. The molecule has 132 valence electrons. The quantitative estimate of drug-likeness (QED) is 0.838. The molecule has 0 saturated carbocycles. The average Bonchev–Trinajstić information content (AvgIpc) is 3.05. The van der Waals surface area contributed by atoms with Gasteiger partial charge in [-0.25, -0.2) is 0 Å². The Kier molecular flexibility index (Phi) is 5.43. The SMILES string of the molecule is CC(C)Oc1cccc(CNC(=O)CCc2ccc3c(c2)OCO3)c1. The molecule has 1 N–H and O–H groups in total. The van der Waals surface area contributed by atoms with E-state index in [9.17, 15) is 4.79 Å². The molecule has 1 aliphatic heterocycles. The van der Waals surface area contributed by atoms with E-state index < -0.39 is 0 Å². The first-order chi connectivity index (χ1) is 12.1. The molecule has 5 heteroatoms. The van der Waals surface area contributed by atoms with Gasteiger partial charge in [0.1, 0.15) is 5.75 Å². The predicted molar refractivity (Wildman–Crippen MR) is 94.9 cm³/mol. The summed E-state index contributed by atoms with van der Waals surface area (Å²) < 4.78 is 16.3. The first-order valence-corrected chi connectivity index (χ1v) is 8.51. The van der Waals surface area contributed by atoms with Crippen molar-refractivity contribution in [1.29, 1.82) is 0 Å². The molecule has 1 amide bonds. The maximum Gasteiger partial charge on any atom is 0.231 e. The van der Waals surface area contributed by atoms with E-state index in [2.05, 4.69) is 5.32 Å². The highest BCUT2D eigenvalue weighted by molar-refractivity contribution is 5.76. The molecule has 0 saturated heterocycles. The molecule has 0 fully saturated rings. The number of carbonyl (C=O) groups is 1. The van der Waals surface area contributed by atoms with Crippen molar-refractivity contribution < 1.29 is 19.0 Å². The monoisotopic (exact) mass is 341 g/mol. The smallest absolute Gasteiger partial charge is 0.231 e. The van der Waals surface area contributed by atoms with Gasteiger partial charge in [-0.05, 0) is 55.7 Å². The van der Waals surface area contributed by atoms with Gasteiger partial charge in [0.25, 0.3) is 0 Å². The first kappa shape index (κ1) is 17.1. The summed E-state index contributed by atoms with van der Waals surface area (Å²) in [6.45, 7) is 4.74. The normalized spacial score (nSPS) is 12.3. The summed E-state index contributed by atoms with van der Waals surface area (Å²) in [6, 6.07) is 13.6. The minimum atomic E-state index is 0.0212. The van der Waals surface area contributed by atoms with E-state index in [0.717, 1.165) is 28.4 Å². The van der Waals surface area contributed by atoms with Crippen LogP contribution in [-0.4, -0.2) is 18.8 Å². The van der Waals surface area contributed by atoms with Crippen LogP contribution < -0.4 is 19.5 Å². The van der Waals surface area contributed by atoms with Crippen molar-refractivity contribution in [2.24, 2.45) is 0 Å². The van der Waals surface area contributed by atoms with Crippen molar-refractivity contribution in [2.45, 2.75) is 39.3 Å². The van der Waals surface area contributed by atoms with E-state index in [1.165, 1.54) is 0 Å². The molecule has 0 spiro atoms. The molecule has 3 rings (SSSR count). The number of hydrogen-bond acceptors (Lipinski definition) is 4. The van der Waals surface area contributed by atoms with Gasteiger partial charge in [-0.15, -0.1) is 0 Å². The van der Waals surface area contributed by atoms with Crippen molar-refractivity contribution in [3.05, 3.63) is 53.6 Å². The zero-order chi connectivity index (χ0) is 17.6. The molecule has 0 atom stereocenters. The van der Waals surface area contributed by atoms with Gasteiger partial charge in [0.15, 0.2) is 11.5 Å². The zero-order valence-electron chi connectivity index (χ0n) is 14.6. The predicted octanol–water partition coefficient (Wildman–Crippen LogP) is 3.45. The minimum Gasteiger partial charge on any atom is -0.491 e. The lowest BCUT2D eigenvalue weighted by Crippen LogP contribution is -2.23. The van der Waals surface area contributed by atoms with Gasteiger partial charge < -0.3 is 19.5 Å². The standard InChI is InChI=1S/C20H23NO4/c1-14(2)25-17-5-3-4-16(10-17)12-21-20(22)9-7-15-6-8-18-19(11-15)24-13-23-18/h3-6,8,10-11,14H,7,9,12-13H2,1-2H3,(H,21,22). The molecule has 0 radical (unpaired) electrons. The van der Waals surface area contributed by atoms with Crippen molar-refractivity contribution in [3.8, 4) is 17.2 Å². The Bertz CT molecular complexity index is 742. The van der Waals surface area contributed by atoms with Gasteiger partial charge in [-0.3, -0.25) is 4.79 Å². The van der Waals surface area contributed by atoms with Gasteiger partial charge in [0.2, 0.25) is 12.7 Å². The molecule has 5 nitrogen and oxygen atoms in total. The van der Waals surface area contributed by atoms with Crippen LogP contribution in [0.3, 0.4) is 0 Å². The Labute approximate surface area is 147 Å². The fraction of sp³-hybridized carbons (Fsp3) is 0.350. The summed E-state index contributed by atoms with van der Waals surface area (Å²) in [6.07, 6.45) is 1.23. The van der Waals surface area contributed by atoms with Crippen molar-refractivity contribution in [1.82, 2.24) is 5.32 Å². The molecule has 1 heterocycles. The maximum atomic E-state index is 12.1. The van der Waals surface area contributed by atoms with Gasteiger partial charge >= 0.3 is 0 Å². The summed E-state index contributed by atoms with van der Waals surface area (Å²) in [7, 11) is 0. The van der Waals surface area contributed by atoms with Crippen molar-refractivity contribution in [2.75, 3.05) is 6.79 Å². The van der Waals surface area contributed by atoms with E-state index >= 15 is 0 Å². The number of fused-ring (bicyclic) bond motifs is 1. The third-order valence-corrected chi connectivity index (χ3v) is 3.84. The van der Waals surface area contributed by atoms with E-state index in [4.69, 9.17) is 14.2 Å². The van der Waals surface area contributed by atoms with Crippen LogP contribution in [-0.2, 0) is 17.8 Å². The van der Waals surface area contributed by atoms with Crippen LogP contribution in [0, 0.1) is 0 Å². The molecule has 1 aliphatic rings. The molecule has 0 unspecified atom stereocenters. The first-order valence-electron chi connectivity index (χ1n) is 8.51. The van der Waals surface area contributed by atoms with Gasteiger partial charge in [-0.2, -0.15) is 0 Å². The van der Waals surface area contributed by atoms with E-state index in [0.29, 0.717) is 19.4 Å². The minimum absolute atomic E-state index is 0.0212. The highest BCUT2D eigenvalue weighted by Crippen LogP contribution is 2.32. The fourth-order valence-electron chi connectivity index (χ4n) is 2.64. The second-order valence-corrected chi connectivity index (χ2v) is 6.28. The number of nitrogens with one attached hydrogen (secondary N) is 1.